The summed E-state index contributed by atoms with van der Waals surface area (Å²) < 4.78 is 7.14. The molecule has 0 aliphatic carbocycles. The van der Waals surface area contributed by atoms with Crippen LogP contribution in [-0.4, -0.2) is 38.1 Å². The molecule has 1 aliphatic heterocycles. The first-order valence-corrected chi connectivity index (χ1v) is 11.0. The summed E-state index contributed by atoms with van der Waals surface area (Å²) in [5.74, 6) is -0.911. The summed E-state index contributed by atoms with van der Waals surface area (Å²) in [6.45, 7) is 3.08. The van der Waals surface area contributed by atoms with Crippen molar-refractivity contribution in [3.63, 3.8) is 0 Å². The summed E-state index contributed by atoms with van der Waals surface area (Å²) in [4.78, 5) is 11.6. The molecule has 8 heteroatoms. The molecule has 0 saturated heterocycles. The standard InChI is InChI=1S/C27H24N2O6/c1-14-4-5-16(11-23(14)32)10-18-21-13-20(17-6-8-22(31)24(33)12-17)28(3)29(21)19-7-9-25(35-15(2)30)27(34)26(18)19/h4-13,20,31-34H,1-3H3/b18-10+. The number of fused-ring (bicyclic) bond motifs is 3. The summed E-state index contributed by atoms with van der Waals surface area (Å²) in [6, 6.07) is 13.0. The van der Waals surface area contributed by atoms with E-state index in [9.17, 15) is 25.2 Å². The highest BCUT2D eigenvalue weighted by molar-refractivity contribution is 5.92. The van der Waals surface area contributed by atoms with Gasteiger partial charge in [0.05, 0.1) is 22.3 Å². The van der Waals surface area contributed by atoms with Crippen LogP contribution >= 0.6 is 0 Å². The van der Waals surface area contributed by atoms with Gasteiger partial charge in [0, 0.05) is 19.2 Å². The molecule has 0 fully saturated rings. The first-order chi connectivity index (χ1) is 16.7. The third-order valence-corrected chi connectivity index (χ3v) is 6.29. The zero-order chi connectivity index (χ0) is 25.0. The predicted molar refractivity (Wildman–Crippen MR) is 132 cm³/mol. The number of phenolic OH excluding ortho intramolecular Hbond substituents is 4. The Balaban J connectivity index is 1.82. The Morgan fingerprint density at radius 3 is 2.43 bits per heavy atom. The van der Waals surface area contributed by atoms with Crippen LogP contribution in [0.4, 0.5) is 0 Å². The lowest BCUT2D eigenvalue weighted by Gasteiger charge is -2.25. The van der Waals surface area contributed by atoms with Crippen molar-refractivity contribution in [3.05, 3.63) is 75.8 Å². The second kappa shape index (κ2) is 8.02. The van der Waals surface area contributed by atoms with Crippen LogP contribution in [0.25, 0.3) is 23.1 Å². The molecular formula is C27H24N2O6. The highest BCUT2D eigenvalue weighted by Gasteiger charge is 2.27. The van der Waals surface area contributed by atoms with E-state index in [0.29, 0.717) is 16.1 Å². The number of nitrogens with zero attached hydrogens (tertiary/aromatic N) is 2. The Kier molecular flexibility index (Phi) is 5.09. The number of esters is 1. The number of carbonyl (C=O) groups is 1. The summed E-state index contributed by atoms with van der Waals surface area (Å²) in [5, 5.41) is 45.0. The number of carbonyl (C=O) groups excluding carboxylic acids is 1. The van der Waals surface area contributed by atoms with Crippen LogP contribution in [-0.2, 0) is 4.79 Å². The van der Waals surface area contributed by atoms with Crippen molar-refractivity contribution in [2.45, 2.75) is 19.9 Å². The number of phenols is 4. The average molecular weight is 472 g/mol. The van der Waals surface area contributed by atoms with Gasteiger partial charge in [-0.05, 0) is 66.1 Å². The lowest BCUT2D eigenvalue weighted by Crippen LogP contribution is -2.35. The number of hydrogen-bond donors (Lipinski definition) is 4. The number of ether oxygens (including phenoxy) is 1. The number of aryl methyl sites for hydroxylation is 1. The Morgan fingerprint density at radius 2 is 1.74 bits per heavy atom. The summed E-state index contributed by atoms with van der Waals surface area (Å²) >= 11 is 0. The van der Waals surface area contributed by atoms with Gasteiger partial charge in [-0.15, -0.1) is 0 Å². The van der Waals surface area contributed by atoms with Crippen molar-refractivity contribution < 1.29 is 30.0 Å². The van der Waals surface area contributed by atoms with Crippen molar-refractivity contribution in [1.29, 1.82) is 0 Å². The first-order valence-electron chi connectivity index (χ1n) is 11.0. The van der Waals surface area contributed by atoms with E-state index < -0.39 is 5.97 Å². The Hall–Kier alpha value is -4.59. The van der Waals surface area contributed by atoms with Gasteiger partial charge in [-0.1, -0.05) is 18.2 Å². The van der Waals surface area contributed by atoms with Gasteiger partial charge >= 0.3 is 5.97 Å². The molecule has 1 atom stereocenters. The number of aromatic hydroxyl groups is 4. The van der Waals surface area contributed by atoms with E-state index in [1.54, 1.807) is 24.3 Å². The third kappa shape index (κ3) is 3.59. The van der Waals surface area contributed by atoms with Crippen molar-refractivity contribution >= 4 is 29.0 Å². The van der Waals surface area contributed by atoms with Crippen LogP contribution in [0.1, 0.15) is 29.7 Å². The largest absolute Gasteiger partial charge is 0.508 e. The van der Waals surface area contributed by atoms with Crippen LogP contribution in [0.5, 0.6) is 28.7 Å². The lowest BCUT2D eigenvalue weighted by atomic mass is 10.0. The molecule has 3 aromatic carbocycles. The molecule has 8 nitrogen and oxygen atoms in total. The van der Waals surface area contributed by atoms with Crippen molar-refractivity contribution in [3.8, 4) is 28.7 Å². The van der Waals surface area contributed by atoms with E-state index in [-0.39, 0.29) is 34.8 Å². The number of hydrogen-bond acceptors (Lipinski definition) is 7. The molecule has 0 spiro atoms. The smallest absolute Gasteiger partial charge is 0.308 e. The number of benzene rings is 3. The van der Waals surface area contributed by atoms with Gasteiger partial charge in [0.1, 0.15) is 5.75 Å². The van der Waals surface area contributed by atoms with Crippen molar-refractivity contribution in [2.75, 3.05) is 12.1 Å². The minimum Gasteiger partial charge on any atom is -0.508 e. The molecular weight excluding hydrogens is 448 g/mol. The van der Waals surface area contributed by atoms with Crippen molar-refractivity contribution in [2.24, 2.45) is 0 Å². The fourth-order valence-electron chi connectivity index (χ4n) is 4.56. The van der Waals surface area contributed by atoms with Crippen LogP contribution in [0.3, 0.4) is 0 Å². The van der Waals surface area contributed by atoms with Gasteiger partial charge in [-0.25, -0.2) is 0 Å². The topological polar surface area (TPSA) is 115 Å². The predicted octanol–water partition coefficient (Wildman–Crippen LogP) is 2.63. The maximum atomic E-state index is 11.6. The van der Waals surface area contributed by atoms with E-state index in [0.717, 1.165) is 22.0 Å². The Bertz CT molecular complexity index is 1640. The Labute approximate surface area is 200 Å². The second-order valence-electron chi connectivity index (χ2n) is 8.63. The molecule has 0 bridgehead atoms. The molecule has 0 amide bonds. The minimum atomic E-state index is -0.545. The van der Waals surface area contributed by atoms with Gasteiger partial charge in [0.2, 0.25) is 0 Å². The Morgan fingerprint density at radius 1 is 0.971 bits per heavy atom. The SMILES string of the molecule is CC(=O)Oc1ccc2c(c1O)/c(=C/c1ccc(C)c(O)c1)c1n2N(C)C(c2ccc(O)c(O)c2)C=1. The van der Waals surface area contributed by atoms with E-state index in [1.807, 2.05) is 47.9 Å². The van der Waals surface area contributed by atoms with Gasteiger partial charge in [0.25, 0.3) is 0 Å². The highest BCUT2D eigenvalue weighted by Crippen LogP contribution is 2.36. The molecule has 35 heavy (non-hydrogen) atoms. The van der Waals surface area contributed by atoms with Crippen LogP contribution < -0.4 is 20.3 Å². The fraction of sp³-hybridized carbons (Fsp3) is 0.148. The third-order valence-electron chi connectivity index (χ3n) is 6.29. The number of rotatable bonds is 3. The molecule has 5 rings (SSSR count). The van der Waals surface area contributed by atoms with E-state index in [2.05, 4.69) is 0 Å². The zero-order valence-corrected chi connectivity index (χ0v) is 19.4. The highest BCUT2D eigenvalue weighted by atomic mass is 16.5. The minimum absolute atomic E-state index is 0.0540. The van der Waals surface area contributed by atoms with Gasteiger partial charge < -0.3 is 30.2 Å². The molecule has 4 aromatic rings. The summed E-state index contributed by atoms with van der Waals surface area (Å²) in [7, 11) is 1.87. The number of aromatic nitrogens is 1. The monoisotopic (exact) mass is 472 g/mol. The lowest BCUT2D eigenvalue weighted by molar-refractivity contribution is -0.132. The van der Waals surface area contributed by atoms with Crippen LogP contribution in [0.2, 0.25) is 0 Å². The maximum absolute atomic E-state index is 11.6. The average Bonchev–Trinajstić information content (AvgIpc) is 3.30. The van der Waals surface area contributed by atoms with E-state index >= 15 is 0 Å². The summed E-state index contributed by atoms with van der Waals surface area (Å²) in [5.41, 5.74) is 2.91. The quantitative estimate of drug-likeness (QED) is 0.206. The normalized spacial score (nSPS) is 15.3. The van der Waals surface area contributed by atoms with Gasteiger partial charge in [0.15, 0.2) is 23.0 Å². The molecule has 2 heterocycles. The fourth-order valence-corrected chi connectivity index (χ4v) is 4.56. The molecule has 178 valence electrons. The van der Waals surface area contributed by atoms with Crippen LogP contribution in [0.15, 0.2) is 48.5 Å². The summed E-state index contributed by atoms with van der Waals surface area (Å²) in [6.07, 6.45) is 3.84. The van der Waals surface area contributed by atoms with E-state index in [4.69, 9.17) is 4.74 Å². The molecule has 1 aliphatic rings. The molecule has 1 aromatic heterocycles. The van der Waals surface area contributed by atoms with E-state index in [1.165, 1.54) is 19.1 Å². The van der Waals surface area contributed by atoms with Crippen molar-refractivity contribution in [1.82, 2.24) is 4.68 Å². The molecule has 0 saturated carbocycles. The second-order valence-corrected chi connectivity index (χ2v) is 8.63. The van der Waals surface area contributed by atoms with Gasteiger partial charge in [-0.3, -0.25) is 9.47 Å². The first kappa shape index (κ1) is 22.2. The van der Waals surface area contributed by atoms with Crippen LogP contribution in [0, 0.1) is 6.92 Å². The van der Waals surface area contributed by atoms with Gasteiger partial charge in [-0.2, -0.15) is 0 Å². The maximum Gasteiger partial charge on any atom is 0.308 e. The zero-order valence-electron chi connectivity index (χ0n) is 19.4. The molecule has 4 N–H and O–H groups in total. The molecule has 0 radical (unpaired) electrons. The molecule has 1 unspecified atom stereocenters.